The molecule has 82 valence electrons. The topological polar surface area (TPSA) is 87.0 Å². The summed E-state index contributed by atoms with van der Waals surface area (Å²) in [5.74, 6) is -0.718. The number of nitro benzene ring substituents is 1. The molecule has 2 N–H and O–H groups in total. The van der Waals surface area contributed by atoms with Gasteiger partial charge in [0.1, 0.15) is 11.5 Å². The highest BCUT2D eigenvalue weighted by atomic mass is 19.1. The number of nitro groups is 1. The highest BCUT2D eigenvalue weighted by Gasteiger charge is 2.18. The van der Waals surface area contributed by atoms with E-state index < -0.39 is 16.4 Å². The lowest BCUT2D eigenvalue weighted by Crippen LogP contribution is -2.03. The summed E-state index contributed by atoms with van der Waals surface area (Å²) in [6.07, 6.45) is 4.37. The van der Waals surface area contributed by atoms with Crippen LogP contribution in [0.4, 0.5) is 15.8 Å². The Bertz CT molecular complexity index is 539. The van der Waals surface area contributed by atoms with Crippen LogP contribution < -0.4 is 5.73 Å². The van der Waals surface area contributed by atoms with E-state index >= 15 is 0 Å². The van der Waals surface area contributed by atoms with Gasteiger partial charge in [-0.3, -0.25) is 10.1 Å². The molecule has 0 saturated heterocycles. The predicted molar refractivity (Wildman–Crippen MR) is 54.6 cm³/mol. The third-order valence-corrected chi connectivity index (χ3v) is 2.08. The van der Waals surface area contributed by atoms with Crippen molar-refractivity contribution in [1.29, 1.82) is 0 Å². The Hall–Kier alpha value is -2.44. The lowest BCUT2D eigenvalue weighted by molar-refractivity contribution is -0.384. The normalized spacial score (nSPS) is 10.3. The standard InChI is InChI=1S/C9H7FN4O2/c10-6-3-7(13-2-1-12-5-13)9(11)8(4-6)14(15)16/h1-5H,11H2. The first-order chi connectivity index (χ1) is 7.59. The summed E-state index contributed by atoms with van der Waals surface area (Å²) in [4.78, 5) is 13.7. The molecule has 0 saturated carbocycles. The van der Waals surface area contributed by atoms with Crippen LogP contribution in [0.5, 0.6) is 0 Å². The molecular weight excluding hydrogens is 215 g/mol. The summed E-state index contributed by atoms with van der Waals surface area (Å²) < 4.78 is 14.6. The maximum atomic E-state index is 13.2. The lowest BCUT2D eigenvalue weighted by atomic mass is 10.2. The summed E-state index contributed by atoms with van der Waals surface area (Å²) in [6.45, 7) is 0. The number of benzene rings is 1. The number of nitrogens with zero attached hydrogens (tertiary/aromatic N) is 3. The molecule has 0 spiro atoms. The minimum Gasteiger partial charge on any atom is -0.391 e. The summed E-state index contributed by atoms with van der Waals surface area (Å²) in [5.41, 5.74) is 5.24. The molecule has 2 rings (SSSR count). The second-order valence-corrected chi connectivity index (χ2v) is 3.08. The highest BCUT2D eigenvalue weighted by molar-refractivity contribution is 5.70. The number of rotatable bonds is 2. The van der Waals surface area contributed by atoms with Gasteiger partial charge < -0.3 is 10.3 Å². The molecule has 0 bridgehead atoms. The van der Waals surface area contributed by atoms with Crippen LogP contribution in [-0.4, -0.2) is 14.5 Å². The van der Waals surface area contributed by atoms with Crippen molar-refractivity contribution < 1.29 is 9.31 Å². The molecule has 2 aromatic rings. The van der Waals surface area contributed by atoms with Gasteiger partial charge in [0.25, 0.3) is 5.69 Å². The van der Waals surface area contributed by atoms with Crippen molar-refractivity contribution in [3.63, 3.8) is 0 Å². The van der Waals surface area contributed by atoms with Crippen molar-refractivity contribution in [3.8, 4) is 5.69 Å². The lowest BCUT2D eigenvalue weighted by Gasteiger charge is -2.06. The van der Waals surface area contributed by atoms with E-state index in [1.807, 2.05) is 0 Å². The Kier molecular flexibility index (Phi) is 2.28. The van der Waals surface area contributed by atoms with E-state index in [4.69, 9.17) is 5.73 Å². The minimum absolute atomic E-state index is 0.0931. The van der Waals surface area contributed by atoms with Crippen LogP contribution >= 0.6 is 0 Å². The molecule has 0 fully saturated rings. The molecule has 0 amide bonds. The summed E-state index contributed by atoms with van der Waals surface area (Å²) in [6, 6.07) is 1.90. The van der Waals surface area contributed by atoms with Gasteiger partial charge in [-0.1, -0.05) is 0 Å². The van der Waals surface area contributed by atoms with Crippen molar-refractivity contribution in [2.45, 2.75) is 0 Å². The van der Waals surface area contributed by atoms with E-state index in [1.54, 1.807) is 0 Å². The summed E-state index contributed by atoms with van der Waals surface area (Å²) in [5, 5.41) is 10.6. The molecule has 7 heteroatoms. The second-order valence-electron chi connectivity index (χ2n) is 3.08. The van der Waals surface area contributed by atoms with Crippen molar-refractivity contribution in [2.24, 2.45) is 0 Å². The smallest absolute Gasteiger partial charge is 0.297 e. The molecule has 1 heterocycles. The Morgan fingerprint density at radius 2 is 2.25 bits per heavy atom. The van der Waals surface area contributed by atoms with Crippen molar-refractivity contribution >= 4 is 11.4 Å². The van der Waals surface area contributed by atoms with Gasteiger partial charge in [0.2, 0.25) is 0 Å². The van der Waals surface area contributed by atoms with Gasteiger partial charge in [-0.2, -0.15) is 0 Å². The van der Waals surface area contributed by atoms with Crippen LogP contribution in [0.25, 0.3) is 5.69 Å². The quantitative estimate of drug-likeness (QED) is 0.474. The van der Waals surface area contributed by atoms with E-state index in [2.05, 4.69) is 4.98 Å². The Morgan fingerprint density at radius 3 is 2.81 bits per heavy atom. The number of nitrogen functional groups attached to an aromatic ring is 1. The summed E-state index contributed by atoms with van der Waals surface area (Å²) in [7, 11) is 0. The molecule has 0 aliphatic carbocycles. The zero-order chi connectivity index (χ0) is 11.7. The second kappa shape index (κ2) is 3.61. The van der Waals surface area contributed by atoms with Crippen LogP contribution in [0, 0.1) is 15.9 Å². The maximum Gasteiger partial charge on any atom is 0.297 e. The summed E-state index contributed by atoms with van der Waals surface area (Å²) >= 11 is 0. The van der Waals surface area contributed by atoms with Crippen LogP contribution in [0.15, 0.2) is 30.9 Å². The van der Waals surface area contributed by atoms with Gasteiger partial charge in [-0.25, -0.2) is 9.37 Å². The maximum absolute atomic E-state index is 13.2. The Balaban J connectivity index is 2.67. The molecular formula is C9H7FN4O2. The molecule has 6 nitrogen and oxygen atoms in total. The van der Waals surface area contributed by atoms with Crippen molar-refractivity contribution in [2.75, 3.05) is 5.73 Å². The molecule has 0 radical (unpaired) electrons. The van der Waals surface area contributed by atoms with Crippen LogP contribution in [0.2, 0.25) is 0 Å². The molecule has 1 aromatic heterocycles. The molecule has 0 aliphatic heterocycles. The third-order valence-electron chi connectivity index (χ3n) is 2.08. The first kappa shape index (κ1) is 10.1. The van der Waals surface area contributed by atoms with E-state index in [1.165, 1.54) is 23.3 Å². The fraction of sp³-hybridized carbons (Fsp3) is 0. The molecule has 16 heavy (non-hydrogen) atoms. The monoisotopic (exact) mass is 222 g/mol. The van der Waals surface area contributed by atoms with Gasteiger partial charge in [-0.05, 0) is 0 Å². The predicted octanol–water partition coefficient (Wildman–Crippen LogP) is 1.50. The van der Waals surface area contributed by atoms with Crippen LogP contribution in [0.1, 0.15) is 0 Å². The zero-order valence-electron chi connectivity index (χ0n) is 8.00. The zero-order valence-corrected chi connectivity index (χ0v) is 8.00. The van der Waals surface area contributed by atoms with Crippen molar-refractivity contribution in [3.05, 3.63) is 46.8 Å². The Labute approximate surface area is 89.3 Å². The SMILES string of the molecule is Nc1c(-n2ccnc2)cc(F)cc1[N+](=O)[O-]. The number of aromatic nitrogens is 2. The van der Waals surface area contributed by atoms with Crippen LogP contribution in [-0.2, 0) is 0 Å². The number of anilines is 1. The number of halogens is 1. The Morgan fingerprint density at radius 1 is 1.50 bits per heavy atom. The minimum atomic E-state index is -0.723. The van der Waals surface area contributed by atoms with Gasteiger partial charge in [0.15, 0.2) is 0 Å². The highest BCUT2D eigenvalue weighted by Crippen LogP contribution is 2.29. The molecule has 1 aromatic carbocycles. The van der Waals surface area contributed by atoms with E-state index in [0.717, 1.165) is 12.1 Å². The van der Waals surface area contributed by atoms with E-state index in [9.17, 15) is 14.5 Å². The molecule has 0 unspecified atom stereocenters. The fourth-order valence-electron chi connectivity index (χ4n) is 1.36. The van der Waals surface area contributed by atoms with Crippen LogP contribution in [0.3, 0.4) is 0 Å². The van der Waals surface area contributed by atoms with E-state index in [-0.39, 0.29) is 11.4 Å². The number of nitrogens with two attached hydrogens (primary N) is 1. The van der Waals surface area contributed by atoms with Gasteiger partial charge in [0, 0.05) is 18.5 Å². The average molecular weight is 222 g/mol. The number of hydrogen-bond donors (Lipinski definition) is 1. The van der Waals surface area contributed by atoms with Gasteiger partial charge in [0.05, 0.1) is 23.0 Å². The van der Waals surface area contributed by atoms with Gasteiger partial charge >= 0.3 is 0 Å². The largest absolute Gasteiger partial charge is 0.391 e. The van der Waals surface area contributed by atoms with E-state index in [0.29, 0.717) is 0 Å². The first-order valence-electron chi connectivity index (χ1n) is 4.31. The fourth-order valence-corrected chi connectivity index (χ4v) is 1.36. The van der Waals surface area contributed by atoms with Gasteiger partial charge in [-0.15, -0.1) is 0 Å². The number of imidazole rings is 1. The molecule has 0 atom stereocenters. The van der Waals surface area contributed by atoms with Crippen molar-refractivity contribution in [1.82, 2.24) is 9.55 Å². The number of hydrogen-bond acceptors (Lipinski definition) is 4. The third kappa shape index (κ3) is 1.58. The first-order valence-corrected chi connectivity index (χ1v) is 4.31. The average Bonchev–Trinajstić information content (AvgIpc) is 2.73. The molecule has 0 aliphatic rings.